The normalized spacial score (nSPS) is 13.2. The molecule has 11 nitrogen and oxygen atoms in total. The van der Waals surface area contributed by atoms with Gasteiger partial charge in [-0.1, -0.05) is 11.6 Å². The second kappa shape index (κ2) is 11.1. The topological polar surface area (TPSA) is 130 Å². The zero-order valence-corrected chi connectivity index (χ0v) is 20.1. The third-order valence-electron chi connectivity index (χ3n) is 5.42. The molecule has 1 saturated heterocycles. The minimum Gasteiger partial charge on any atom is -0.378 e. The van der Waals surface area contributed by atoms with Crippen molar-refractivity contribution in [2.24, 2.45) is 0 Å². The van der Waals surface area contributed by atoms with E-state index in [9.17, 15) is 9.18 Å². The van der Waals surface area contributed by atoms with E-state index in [1.807, 2.05) is 18.2 Å². The lowest BCUT2D eigenvalue weighted by molar-refractivity contribution is 0.0957. The molecule has 1 aromatic carbocycles. The lowest BCUT2D eigenvalue weighted by Crippen LogP contribution is -2.38. The Morgan fingerprint density at radius 3 is 2.59 bits per heavy atom. The molecule has 0 unspecified atom stereocenters. The molecular weight excluding hydrogens is 501 g/mol. The number of anilines is 4. The Bertz CT molecular complexity index is 1390. The molecule has 1 amide bonds. The molecule has 3 aromatic heterocycles. The average Bonchev–Trinajstić information content (AvgIpc) is 2.93. The zero-order valence-electron chi connectivity index (χ0n) is 19.4. The third-order valence-corrected chi connectivity index (χ3v) is 5.64. The summed E-state index contributed by atoms with van der Waals surface area (Å²) in [4.78, 5) is 26.6. The molecule has 1 aliphatic heterocycles. The van der Waals surface area contributed by atoms with Crippen molar-refractivity contribution in [2.75, 3.05) is 41.9 Å². The number of nitrogens with one attached hydrogen (secondary N) is 3. The molecule has 0 radical (unpaired) electrons. The molecule has 188 valence electrons. The summed E-state index contributed by atoms with van der Waals surface area (Å²) in [6, 6.07) is 10.6. The Morgan fingerprint density at radius 1 is 0.973 bits per heavy atom. The number of carbonyl (C=O) groups excluding carboxylic acids is 1. The van der Waals surface area contributed by atoms with Crippen molar-refractivity contribution in [1.82, 2.24) is 30.6 Å². The number of aromatic nitrogens is 5. The van der Waals surface area contributed by atoms with Crippen LogP contribution in [0.5, 0.6) is 0 Å². The number of nitrogens with zero attached hydrogens (tertiary/aromatic N) is 6. The molecule has 4 heterocycles. The predicted octanol–water partition coefficient (Wildman–Crippen LogP) is 3.46. The van der Waals surface area contributed by atoms with Gasteiger partial charge in [0.25, 0.3) is 5.91 Å². The molecule has 3 N–H and O–H groups in total. The minimum absolute atomic E-state index is 0.0516. The lowest BCUT2D eigenvalue weighted by atomic mass is 10.1. The van der Waals surface area contributed by atoms with Gasteiger partial charge in [0, 0.05) is 29.4 Å². The zero-order chi connectivity index (χ0) is 25.6. The average molecular weight is 522 g/mol. The number of morpholine rings is 1. The first-order valence-electron chi connectivity index (χ1n) is 11.3. The molecule has 0 aliphatic carbocycles. The summed E-state index contributed by atoms with van der Waals surface area (Å²) in [5.41, 5.74) is 8.38. The molecule has 0 saturated carbocycles. The van der Waals surface area contributed by atoms with Crippen molar-refractivity contribution in [3.63, 3.8) is 0 Å². The van der Waals surface area contributed by atoms with Gasteiger partial charge in [0.2, 0.25) is 5.95 Å². The van der Waals surface area contributed by atoms with E-state index >= 15 is 0 Å². The van der Waals surface area contributed by atoms with E-state index in [2.05, 4.69) is 41.3 Å². The molecule has 5 rings (SSSR count). The highest BCUT2D eigenvalue weighted by molar-refractivity contribution is 6.31. The molecule has 4 aromatic rings. The number of ether oxygens (including phenoxy) is 1. The van der Waals surface area contributed by atoms with Crippen LogP contribution in [0.2, 0.25) is 5.02 Å². The van der Waals surface area contributed by atoms with Crippen LogP contribution >= 0.6 is 11.6 Å². The molecule has 0 bridgehead atoms. The molecule has 1 aliphatic rings. The molecule has 13 heteroatoms. The van der Waals surface area contributed by atoms with Crippen LogP contribution in [0.1, 0.15) is 10.5 Å². The summed E-state index contributed by atoms with van der Waals surface area (Å²) in [5, 5.41) is 11.5. The first-order chi connectivity index (χ1) is 18.0. The summed E-state index contributed by atoms with van der Waals surface area (Å²) in [7, 11) is 0. The largest absolute Gasteiger partial charge is 0.378 e. The number of benzene rings is 1. The highest BCUT2D eigenvalue weighted by Crippen LogP contribution is 2.28. The van der Waals surface area contributed by atoms with E-state index in [-0.39, 0.29) is 17.5 Å². The molecule has 0 spiro atoms. The number of amides is 1. The number of pyridine rings is 1. The Balaban J connectivity index is 1.22. The van der Waals surface area contributed by atoms with E-state index in [1.54, 1.807) is 35.5 Å². The van der Waals surface area contributed by atoms with E-state index < -0.39 is 11.7 Å². The van der Waals surface area contributed by atoms with Crippen LogP contribution in [0.4, 0.5) is 27.5 Å². The van der Waals surface area contributed by atoms with Crippen molar-refractivity contribution in [3.8, 4) is 11.1 Å². The number of halogens is 2. The van der Waals surface area contributed by atoms with Crippen molar-refractivity contribution >= 4 is 40.6 Å². The Morgan fingerprint density at radius 2 is 1.84 bits per heavy atom. The maximum absolute atomic E-state index is 14.2. The Labute approximate surface area is 216 Å². The van der Waals surface area contributed by atoms with Crippen LogP contribution in [0.15, 0.2) is 61.2 Å². The number of hydrogen-bond donors (Lipinski definition) is 3. The van der Waals surface area contributed by atoms with E-state index in [1.165, 1.54) is 6.20 Å². The van der Waals surface area contributed by atoms with Crippen LogP contribution in [-0.4, -0.2) is 57.4 Å². The maximum atomic E-state index is 14.2. The summed E-state index contributed by atoms with van der Waals surface area (Å²) < 4.78 is 19.5. The van der Waals surface area contributed by atoms with Crippen LogP contribution in [-0.2, 0) is 4.74 Å². The van der Waals surface area contributed by atoms with Crippen LogP contribution in [0.25, 0.3) is 11.1 Å². The number of hydrazine groups is 1. The fourth-order valence-electron chi connectivity index (χ4n) is 3.65. The van der Waals surface area contributed by atoms with Crippen molar-refractivity contribution in [2.45, 2.75) is 0 Å². The quantitative estimate of drug-likeness (QED) is 0.311. The van der Waals surface area contributed by atoms with Crippen molar-refractivity contribution in [3.05, 3.63) is 77.7 Å². The van der Waals surface area contributed by atoms with Gasteiger partial charge in [0.05, 0.1) is 43.7 Å². The second-order valence-electron chi connectivity index (χ2n) is 7.96. The fourth-order valence-corrected chi connectivity index (χ4v) is 3.89. The van der Waals surface area contributed by atoms with Crippen molar-refractivity contribution < 1.29 is 13.9 Å². The highest BCUT2D eigenvalue weighted by atomic mass is 35.5. The highest BCUT2D eigenvalue weighted by Gasteiger charge is 2.18. The summed E-state index contributed by atoms with van der Waals surface area (Å²) in [6.07, 6.45) is 5.84. The number of carbonyl (C=O) groups is 1. The predicted molar refractivity (Wildman–Crippen MR) is 136 cm³/mol. The first-order valence-corrected chi connectivity index (χ1v) is 11.7. The van der Waals surface area contributed by atoms with Gasteiger partial charge in [-0.2, -0.15) is 15.2 Å². The van der Waals surface area contributed by atoms with E-state index in [4.69, 9.17) is 16.3 Å². The molecule has 1 fully saturated rings. The van der Waals surface area contributed by atoms with Gasteiger partial charge in [-0.15, -0.1) is 0 Å². The van der Waals surface area contributed by atoms with Gasteiger partial charge in [-0.05, 0) is 42.0 Å². The third kappa shape index (κ3) is 6.05. The lowest BCUT2D eigenvalue weighted by Gasteiger charge is -2.28. The molecular formula is C24H21ClFN9O2. The first kappa shape index (κ1) is 24.3. The van der Waals surface area contributed by atoms with Crippen LogP contribution in [0.3, 0.4) is 0 Å². The van der Waals surface area contributed by atoms with Crippen molar-refractivity contribution in [1.29, 1.82) is 0 Å². The number of rotatable bonds is 7. The number of hydrogen-bond acceptors (Lipinski definition) is 10. The van der Waals surface area contributed by atoms with E-state index in [0.717, 1.165) is 23.0 Å². The van der Waals surface area contributed by atoms with Gasteiger partial charge in [-0.3, -0.25) is 15.6 Å². The maximum Gasteiger partial charge on any atom is 0.288 e. The molecule has 0 atom stereocenters. The van der Waals surface area contributed by atoms with Gasteiger partial charge in [0.15, 0.2) is 11.6 Å². The van der Waals surface area contributed by atoms with Crippen LogP contribution < -0.4 is 21.1 Å². The SMILES string of the molecule is O=C(NNc1ncc(F)c(N2CCOCC2)n1)c1ccc(Nc2cc(Cl)cc(-c3ccnnc3)c2)cn1. The molecule has 37 heavy (non-hydrogen) atoms. The summed E-state index contributed by atoms with van der Waals surface area (Å²) in [6.45, 7) is 2.00. The van der Waals surface area contributed by atoms with Gasteiger partial charge in [-0.25, -0.2) is 14.4 Å². The van der Waals surface area contributed by atoms with Gasteiger partial charge in [0.1, 0.15) is 5.69 Å². The monoisotopic (exact) mass is 521 g/mol. The van der Waals surface area contributed by atoms with Crippen LogP contribution in [0, 0.1) is 5.82 Å². The minimum atomic E-state index is -0.548. The standard InChI is InChI=1S/C24H21ClFN9O2/c25-17-9-16(15-3-4-29-30-12-15)10-19(11-17)31-18-1-2-21(27-13-18)23(36)33-34-24-28-14-20(26)22(32-24)35-5-7-37-8-6-35/h1-4,9-14,31H,5-8H2,(H,33,36)(H,28,32,34). The Hall–Kier alpha value is -4.42. The Kier molecular flexibility index (Phi) is 7.28. The smallest absolute Gasteiger partial charge is 0.288 e. The summed E-state index contributed by atoms with van der Waals surface area (Å²) in [5.74, 6) is -0.862. The fraction of sp³-hybridized carbons (Fsp3) is 0.167. The van der Waals surface area contributed by atoms with Gasteiger partial charge < -0.3 is 15.0 Å². The van der Waals surface area contributed by atoms with Gasteiger partial charge >= 0.3 is 0 Å². The summed E-state index contributed by atoms with van der Waals surface area (Å²) >= 11 is 6.29. The van der Waals surface area contributed by atoms with E-state index in [0.29, 0.717) is 37.0 Å². The second-order valence-corrected chi connectivity index (χ2v) is 8.40.